The molecule has 1 amide bonds. The van der Waals surface area contributed by atoms with Crippen molar-refractivity contribution < 1.29 is 19.4 Å². The van der Waals surface area contributed by atoms with Gasteiger partial charge in [0.2, 0.25) is 0 Å². The van der Waals surface area contributed by atoms with Crippen LogP contribution < -0.4 is 5.32 Å². The van der Waals surface area contributed by atoms with Crippen molar-refractivity contribution in [2.45, 2.75) is 0 Å². The summed E-state index contributed by atoms with van der Waals surface area (Å²) in [6, 6.07) is 7.17. The Morgan fingerprint density at radius 3 is 2.53 bits per heavy atom. The smallest absolute Gasteiger partial charge is 0.255 e. The van der Waals surface area contributed by atoms with Crippen molar-refractivity contribution in [3.63, 3.8) is 0 Å². The van der Waals surface area contributed by atoms with E-state index in [1.165, 1.54) is 24.3 Å². The van der Waals surface area contributed by atoms with Gasteiger partial charge >= 0.3 is 0 Å². The van der Waals surface area contributed by atoms with Gasteiger partial charge in [0.15, 0.2) is 11.5 Å². The first-order valence-corrected chi connectivity index (χ1v) is 5.63. The summed E-state index contributed by atoms with van der Waals surface area (Å²) in [5, 5.41) is 21.0. The minimum Gasteiger partial charge on any atom is -0.504 e. The molecule has 19 heavy (non-hydrogen) atoms. The van der Waals surface area contributed by atoms with Gasteiger partial charge in [0.1, 0.15) is 5.82 Å². The molecule has 98 valence electrons. The van der Waals surface area contributed by atoms with Crippen molar-refractivity contribution in [2.24, 2.45) is 0 Å². The minimum absolute atomic E-state index is 0.107. The fourth-order valence-electron chi connectivity index (χ4n) is 1.45. The molecule has 0 bridgehead atoms. The molecule has 2 aromatic rings. The molecule has 0 aliphatic carbocycles. The van der Waals surface area contributed by atoms with Crippen LogP contribution in [0.4, 0.5) is 10.1 Å². The zero-order chi connectivity index (χ0) is 14.0. The second-order valence-corrected chi connectivity index (χ2v) is 4.19. The summed E-state index contributed by atoms with van der Waals surface area (Å²) in [7, 11) is 0. The summed E-state index contributed by atoms with van der Waals surface area (Å²) in [4.78, 5) is 11.9. The molecular weight excluding hydrogens is 273 g/mol. The van der Waals surface area contributed by atoms with E-state index in [4.69, 9.17) is 16.7 Å². The highest BCUT2D eigenvalue weighted by Gasteiger charge is 2.11. The lowest BCUT2D eigenvalue weighted by atomic mass is 10.2. The average molecular weight is 282 g/mol. The van der Waals surface area contributed by atoms with Gasteiger partial charge in [-0.15, -0.1) is 0 Å². The van der Waals surface area contributed by atoms with Crippen LogP contribution in [0.2, 0.25) is 5.02 Å². The number of phenolic OH excluding ortho intramolecular Hbond substituents is 2. The quantitative estimate of drug-likeness (QED) is 0.741. The Hall–Kier alpha value is -2.27. The van der Waals surface area contributed by atoms with E-state index in [1.807, 2.05) is 0 Å². The topological polar surface area (TPSA) is 69.6 Å². The molecule has 0 aliphatic rings. The van der Waals surface area contributed by atoms with Crippen LogP contribution in [-0.2, 0) is 0 Å². The van der Waals surface area contributed by atoms with E-state index in [1.54, 1.807) is 0 Å². The zero-order valence-corrected chi connectivity index (χ0v) is 10.3. The molecular formula is C13H9ClFNO3. The number of halogens is 2. The van der Waals surface area contributed by atoms with Crippen LogP contribution in [0, 0.1) is 5.82 Å². The Morgan fingerprint density at radius 2 is 1.84 bits per heavy atom. The van der Waals surface area contributed by atoms with Crippen LogP contribution in [0.5, 0.6) is 11.5 Å². The molecule has 0 radical (unpaired) electrons. The Morgan fingerprint density at radius 1 is 1.11 bits per heavy atom. The molecule has 0 atom stereocenters. The van der Waals surface area contributed by atoms with Crippen molar-refractivity contribution >= 4 is 23.2 Å². The van der Waals surface area contributed by atoms with E-state index in [2.05, 4.69) is 5.32 Å². The predicted molar refractivity (Wildman–Crippen MR) is 69.1 cm³/mol. The van der Waals surface area contributed by atoms with E-state index in [0.717, 1.165) is 12.1 Å². The van der Waals surface area contributed by atoms with Crippen molar-refractivity contribution in [1.82, 2.24) is 0 Å². The van der Waals surface area contributed by atoms with Crippen molar-refractivity contribution in [3.8, 4) is 11.5 Å². The van der Waals surface area contributed by atoms with Crippen LogP contribution >= 0.6 is 11.6 Å². The third kappa shape index (κ3) is 2.95. The van der Waals surface area contributed by atoms with Crippen LogP contribution in [0.15, 0.2) is 36.4 Å². The van der Waals surface area contributed by atoms with Gasteiger partial charge in [0, 0.05) is 5.56 Å². The molecule has 0 heterocycles. The average Bonchev–Trinajstić information content (AvgIpc) is 2.37. The molecule has 0 unspecified atom stereocenters. The lowest BCUT2D eigenvalue weighted by Crippen LogP contribution is -2.12. The summed E-state index contributed by atoms with van der Waals surface area (Å²) >= 11 is 5.81. The van der Waals surface area contributed by atoms with Gasteiger partial charge in [0.25, 0.3) is 5.91 Å². The van der Waals surface area contributed by atoms with Crippen LogP contribution in [-0.4, -0.2) is 16.1 Å². The number of hydrogen-bond acceptors (Lipinski definition) is 3. The normalized spacial score (nSPS) is 10.2. The summed E-state index contributed by atoms with van der Waals surface area (Å²) in [5.41, 5.74) is 0.231. The highest BCUT2D eigenvalue weighted by atomic mass is 35.5. The number of amides is 1. The number of carbonyl (C=O) groups excluding carboxylic acids is 1. The molecule has 0 saturated heterocycles. The lowest BCUT2D eigenvalue weighted by Gasteiger charge is -2.08. The maximum Gasteiger partial charge on any atom is 0.255 e. The summed E-state index contributed by atoms with van der Waals surface area (Å²) < 4.78 is 13.0. The molecule has 6 heteroatoms. The lowest BCUT2D eigenvalue weighted by molar-refractivity contribution is 0.102. The molecule has 0 saturated carbocycles. The first kappa shape index (κ1) is 13.2. The fourth-order valence-corrected chi connectivity index (χ4v) is 1.62. The molecule has 0 fully saturated rings. The number of carbonyl (C=O) groups is 1. The van der Waals surface area contributed by atoms with Gasteiger partial charge in [-0.3, -0.25) is 4.79 Å². The Labute approximate surface area is 113 Å². The van der Waals surface area contributed by atoms with Gasteiger partial charge in [-0.25, -0.2) is 4.39 Å². The number of aromatic hydroxyl groups is 2. The monoisotopic (exact) mass is 281 g/mol. The Kier molecular flexibility index (Phi) is 3.57. The predicted octanol–water partition coefficient (Wildman–Crippen LogP) is 3.14. The van der Waals surface area contributed by atoms with Gasteiger partial charge < -0.3 is 15.5 Å². The number of rotatable bonds is 2. The first-order chi connectivity index (χ1) is 8.97. The van der Waals surface area contributed by atoms with Crippen molar-refractivity contribution in [1.29, 1.82) is 0 Å². The van der Waals surface area contributed by atoms with Gasteiger partial charge in [-0.05, 0) is 36.4 Å². The summed E-state index contributed by atoms with van der Waals surface area (Å²) in [6.07, 6.45) is 0. The largest absolute Gasteiger partial charge is 0.504 e. The number of phenols is 2. The van der Waals surface area contributed by atoms with E-state index in [-0.39, 0.29) is 22.0 Å². The van der Waals surface area contributed by atoms with Gasteiger partial charge in [-0.1, -0.05) is 11.6 Å². The van der Waals surface area contributed by atoms with E-state index in [9.17, 15) is 14.3 Å². The van der Waals surface area contributed by atoms with Crippen molar-refractivity contribution in [3.05, 3.63) is 52.8 Å². The van der Waals surface area contributed by atoms with E-state index < -0.39 is 17.5 Å². The Bertz CT molecular complexity index is 646. The molecule has 4 nitrogen and oxygen atoms in total. The van der Waals surface area contributed by atoms with Crippen LogP contribution in [0.1, 0.15) is 10.4 Å². The molecule has 0 aliphatic heterocycles. The standard InChI is InChI=1S/C13H9ClFNO3/c14-9-3-2-8(15)6-10(9)16-13(19)7-1-4-11(17)12(18)5-7/h1-6,17-18H,(H,16,19). The first-order valence-electron chi connectivity index (χ1n) is 5.26. The maximum atomic E-state index is 13.0. The summed E-state index contributed by atoms with van der Waals surface area (Å²) in [5.74, 6) is -1.87. The summed E-state index contributed by atoms with van der Waals surface area (Å²) in [6.45, 7) is 0. The third-order valence-electron chi connectivity index (χ3n) is 2.41. The third-order valence-corrected chi connectivity index (χ3v) is 2.74. The van der Waals surface area contributed by atoms with Crippen LogP contribution in [0.25, 0.3) is 0 Å². The van der Waals surface area contributed by atoms with E-state index >= 15 is 0 Å². The number of nitrogens with one attached hydrogen (secondary N) is 1. The Balaban J connectivity index is 2.25. The minimum atomic E-state index is -0.581. The van der Waals surface area contributed by atoms with E-state index in [0.29, 0.717) is 0 Å². The number of hydrogen-bond donors (Lipinski definition) is 3. The second kappa shape index (κ2) is 5.16. The highest BCUT2D eigenvalue weighted by molar-refractivity contribution is 6.33. The second-order valence-electron chi connectivity index (χ2n) is 3.78. The maximum absolute atomic E-state index is 13.0. The zero-order valence-electron chi connectivity index (χ0n) is 9.52. The van der Waals surface area contributed by atoms with Gasteiger partial charge in [0.05, 0.1) is 10.7 Å². The molecule has 0 spiro atoms. The molecule has 2 rings (SSSR count). The molecule has 3 N–H and O–H groups in total. The molecule has 0 aromatic heterocycles. The van der Waals surface area contributed by atoms with Crippen molar-refractivity contribution in [2.75, 3.05) is 5.32 Å². The van der Waals surface area contributed by atoms with Crippen LogP contribution in [0.3, 0.4) is 0 Å². The van der Waals surface area contributed by atoms with Gasteiger partial charge in [-0.2, -0.15) is 0 Å². The SMILES string of the molecule is O=C(Nc1cc(F)ccc1Cl)c1ccc(O)c(O)c1. The molecule has 2 aromatic carbocycles. The number of benzene rings is 2. The highest BCUT2D eigenvalue weighted by Crippen LogP contribution is 2.27. The fraction of sp³-hybridized carbons (Fsp3) is 0. The number of anilines is 1.